The van der Waals surface area contributed by atoms with Crippen molar-refractivity contribution < 1.29 is 4.79 Å². The van der Waals surface area contributed by atoms with Gasteiger partial charge < -0.3 is 9.80 Å². The quantitative estimate of drug-likeness (QED) is 0.692. The van der Waals surface area contributed by atoms with Crippen molar-refractivity contribution in [3.63, 3.8) is 0 Å². The molecule has 0 spiro atoms. The molecule has 1 aliphatic rings. The highest BCUT2D eigenvalue weighted by Crippen LogP contribution is 2.15. The third-order valence-corrected chi connectivity index (χ3v) is 3.08. The zero-order chi connectivity index (χ0) is 10.7. The number of amides is 1. The van der Waals surface area contributed by atoms with Crippen LogP contribution in [0.2, 0.25) is 0 Å². The van der Waals surface area contributed by atoms with E-state index >= 15 is 0 Å². The summed E-state index contributed by atoms with van der Waals surface area (Å²) in [4.78, 5) is 15.8. The van der Waals surface area contributed by atoms with Crippen LogP contribution in [-0.2, 0) is 4.79 Å². The van der Waals surface area contributed by atoms with Crippen molar-refractivity contribution in [1.29, 1.82) is 0 Å². The molecule has 14 heavy (non-hydrogen) atoms. The molecule has 3 nitrogen and oxygen atoms in total. The summed E-state index contributed by atoms with van der Waals surface area (Å²) in [6.07, 6.45) is 2.17. The fraction of sp³-hybridized carbons (Fsp3) is 0.900. The predicted molar refractivity (Wildman–Crippen MR) is 61.7 cm³/mol. The number of nitrogens with zero attached hydrogens (tertiary/aromatic N) is 2. The average Bonchev–Trinajstić information content (AvgIpc) is 2.16. The fourth-order valence-electron chi connectivity index (χ4n) is 1.87. The van der Waals surface area contributed by atoms with Crippen LogP contribution in [0.15, 0.2) is 0 Å². The molecule has 0 aromatic carbocycles. The average molecular weight is 216 g/mol. The lowest BCUT2D eigenvalue weighted by atomic mass is 10.0. The van der Waals surface area contributed by atoms with E-state index in [1.807, 2.05) is 11.8 Å². The number of hydrogen-bond acceptors (Lipinski definition) is 3. The van der Waals surface area contributed by atoms with Crippen LogP contribution in [0.25, 0.3) is 0 Å². The Morgan fingerprint density at radius 1 is 1.43 bits per heavy atom. The van der Waals surface area contributed by atoms with Gasteiger partial charge in [0, 0.05) is 19.1 Å². The van der Waals surface area contributed by atoms with E-state index in [1.165, 1.54) is 0 Å². The summed E-state index contributed by atoms with van der Waals surface area (Å²) in [6, 6.07) is 0.634. The number of hydrogen-bond donors (Lipinski definition) is 1. The minimum absolute atomic E-state index is 0.161. The Morgan fingerprint density at radius 3 is 2.29 bits per heavy atom. The number of carbonyl (C=O) groups excluding carboxylic acids is 1. The minimum Gasteiger partial charge on any atom is -0.342 e. The lowest BCUT2D eigenvalue weighted by molar-refractivity contribution is -0.131. The maximum absolute atomic E-state index is 11.6. The molecule has 1 aliphatic heterocycles. The van der Waals surface area contributed by atoms with Crippen LogP contribution in [0.4, 0.5) is 0 Å². The van der Waals surface area contributed by atoms with E-state index in [0.29, 0.717) is 6.04 Å². The molecular formula is C10H20N2OS. The summed E-state index contributed by atoms with van der Waals surface area (Å²) in [6.45, 7) is 3.60. The van der Waals surface area contributed by atoms with E-state index in [9.17, 15) is 4.79 Å². The van der Waals surface area contributed by atoms with Crippen LogP contribution in [0.3, 0.4) is 0 Å². The van der Waals surface area contributed by atoms with Crippen molar-refractivity contribution in [2.75, 3.05) is 27.2 Å². The van der Waals surface area contributed by atoms with E-state index in [4.69, 9.17) is 0 Å². The number of likely N-dealkylation sites (tertiary alicyclic amines) is 1. The van der Waals surface area contributed by atoms with Crippen LogP contribution in [0, 0.1) is 0 Å². The van der Waals surface area contributed by atoms with Crippen molar-refractivity contribution in [2.24, 2.45) is 0 Å². The Hall–Kier alpha value is -0.220. The van der Waals surface area contributed by atoms with Crippen LogP contribution < -0.4 is 0 Å². The lowest BCUT2D eigenvalue weighted by Gasteiger charge is -2.35. The van der Waals surface area contributed by atoms with Crippen molar-refractivity contribution in [2.45, 2.75) is 31.1 Å². The molecule has 0 N–H and O–H groups in total. The van der Waals surface area contributed by atoms with Crippen molar-refractivity contribution in [3.8, 4) is 0 Å². The molecule has 1 unspecified atom stereocenters. The van der Waals surface area contributed by atoms with Crippen LogP contribution in [0.1, 0.15) is 19.8 Å². The highest BCUT2D eigenvalue weighted by Gasteiger charge is 2.25. The van der Waals surface area contributed by atoms with Gasteiger partial charge in [0.1, 0.15) is 0 Å². The van der Waals surface area contributed by atoms with Crippen molar-refractivity contribution in [3.05, 3.63) is 0 Å². The predicted octanol–water partition coefficient (Wildman–Crippen LogP) is 0.857. The van der Waals surface area contributed by atoms with Crippen molar-refractivity contribution >= 4 is 18.5 Å². The molecule has 82 valence electrons. The summed E-state index contributed by atoms with van der Waals surface area (Å²) in [5.41, 5.74) is 0. The Morgan fingerprint density at radius 2 is 1.93 bits per heavy atom. The zero-order valence-electron chi connectivity index (χ0n) is 9.23. The molecule has 0 aliphatic carbocycles. The van der Waals surface area contributed by atoms with Gasteiger partial charge in [-0.25, -0.2) is 0 Å². The molecule has 1 fully saturated rings. The van der Waals surface area contributed by atoms with E-state index in [0.717, 1.165) is 25.9 Å². The molecule has 0 bridgehead atoms. The first-order chi connectivity index (χ1) is 6.52. The maximum atomic E-state index is 11.6. The van der Waals surface area contributed by atoms with Crippen LogP contribution in [-0.4, -0.2) is 54.2 Å². The summed E-state index contributed by atoms with van der Waals surface area (Å²) < 4.78 is 0. The van der Waals surface area contributed by atoms with Gasteiger partial charge in [-0.1, -0.05) is 0 Å². The second-order valence-corrected chi connectivity index (χ2v) is 4.97. The largest absolute Gasteiger partial charge is 0.342 e. The Bertz CT molecular complexity index is 198. The molecule has 4 heteroatoms. The smallest absolute Gasteiger partial charge is 0.235 e. The molecule has 1 rings (SSSR count). The molecule has 1 heterocycles. The Kier molecular flexibility index (Phi) is 4.26. The number of piperidine rings is 1. The fourth-order valence-corrected chi connectivity index (χ4v) is 2.03. The molecule has 0 aromatic heterocycles. The maximum Gasteiger partial charge on any atom is 0.235 e. The SMILES string of the molecule is CC(S)C(=O)N1CCC(N(C)C)CC1. The molecule has 1 atom stereocenters. The number of carbonyl (C=O) groups is 1. The lowest BCUT2D eigenvalue weighted by Crippen LogP contribution is -2.46. The zero-order valence-corrected chi connectivity index (χ0v) is 10.1. The second-order valence-electron chi connectivity index (χ2n) is 4.20. The van der Waals surface area contributed by atoms with E-state index in [-0.39, 0.29) is 11.2 Å². The first-order valence-corrected chi connectivity index (χ1v) is 5.67. The summed E-state index contributed by atoms with van der Waals surface area (Å²) in [5, 5.41) is -0.161. The van der Waals surface area contributed by atoms with Crippen LogP contribution >= 0.6 is 12.6 Å². The van der Waals surface area contributed by atoms with E-state index in [1.54, 1.807) is 0 Å². The van der Waals surface area contributed by atoms with Gasteiger partial charge in [-0.05, 0) is 33.9 Å². The van der Waals surface area contributed by atoms with Gasteiger partial charge >= 0.3 is 0 Å². The van der Waals surface area contributed by atoms with Crippen LogP contribution in [0.5, 0.6) is 0 Å². The molecule has 0 radical (unpaired) electrons. The van der Waals surface area contributed by atoms with Gasteiger partial charge in [0.25, 0.3) is 0 Å². The summed E-state index contributed by atoms with van der Waals surface area (Å²) in [7, 11) is 4.20. The van der Waals surface area contributed by atoms with Gasteiger partial charge in [0.2, 0.25) is 5.91 Å². The topological polar surface area (TPSA) is 23.6 Å². The van der Waals surface area contributed by atoms with Gasteiger partial charge in [-0.15, -0.1) is 0 Å². The third-order valence-electron chi connectivity index (χ3n) is 2.86. The van der Waals surface area contributed by atoms with Gasteiger partial charge in [0.05, 0.1) is 5.25 Å². The minimum atomic E-state index is -0.161. The number of rotatable bonds is 2. The number of thiol groups is 1. The second kappa shape index (κ2) is 5.03. The third kappa shape index (κ3) is 2.89. The molecule has 0 saturated carbocycles. The van der Waals surface area contributed by atoms with Gasteiger partial charge in [-0.3, -0.25) is 4.79 Å². The first-order valence-electron chi connectivity index (χ1n) is 5.15. The van der Waals surface area contributed by atoms with E-state index < -0.39 is 0 Å². The standard InChI is InChI=1S/C10H20N2OS/c1-8(14)10(13)12-6-4-9(5-7-12)11(2)3/h8-9,14H,4-7H2,1-3H3. The molecular weight excluding hydrogens is 196 g/mol. The van der Waals surface area contributed by atoms with Gasteiger partial charge in [0.15, 0.2) is 0 Å². The van der Waals surface area contributed by atoms with Crippen molar-refractivity contribution in [1.82, 2.24) is 9.80 Å². The summed E-state index contributed by atoms with van der Waals surface area (Å²) >= 11 is 4.16. The molecule has 1 saturated heterocycles. The molecule has 0 aromatic rings. The normalized spacial score (nSPS) is 21.4. The molecule has 1 amide bonds. The van der Waals surface area contributed by atoms with E-state index in [2.05, 4.69) is 31.6 Å². The highest BCUT2D eigenvalue weighted by molar-refractivity contribution is 7.81. The summed E-state index contributed by atoms with van der Waals surface area (Å²) in [5.74, 6) is 0.172. The Labute approximate surface area is 91.9 Å². The Balaban J connectivity index is 2.39. The highest BCUT2D eigenvalue weighted by atomic mass is 32.1. The first kappa shape index (κ1) is 11.9. The monoisotopic (exact) mass is 216 g/mol. The van der Waals surface area contributed by atoms with Gasteiger partial charge in [-0.2, -0.15) is 12.6 Å².